The van der Waals surface area contributed by atoms with E-state index in [-0.39, 0.29) is 6.04 Å². The fourth-order valence-electron chi connectivity index (χ4n) is 2.38. The van der Waals surface area contributed by atoms with Crippen LogP contribution in [0.15, 0.2) is 54.6 Å². The van der Waals surface area contributed by atoms with Gasteiger partial charge in [-0.1, -0.05) is 37.3 Å². The first-order valence-electron chi connectivity index (χ1n) is 8.48. The molecule has 2 aromatic carbocycles. The molecule has 0 radical (unpaired) electrons. The van der Waals surface area contributed by atoms with Crippen LogP contribution in [0.3, 0.4) is 0 Å². The molecule has 1 atom stereocenters. The number of nitrogens with one attached hydrogen (secondary N) is 2. The van der Waals surface area contributed by atoms with E-state index in [1.807, 2.05) is 37.3 Å². The predicted molar refractivity (Wildman–Crippen MR) is 100 cm³/mol. The van der Waals surface area contributed by atoms with Gasteiger partial charge in [0, 0.05) is 29.4 Å². The van der Waals surface area contributed by atoms with Crippen molar-refractivity contribution in [3.63, 3.8) is 0 Å². The van der Waals surface area contributed by atoms with Gasteiger partial charge in [-0.05, 0) is 25.5 Å². The molecule has 3 rings (SSSR count). The lowest BCUT2D eigenvalue weighted by Gasteiger charge is -2.14. The summed E-state index contributed by atoms with van der Waals surface area (Å²) in [5.41, 5.74) is 2.09. The predicted octanol–water partition coefficient (Wildman–Crippen LogP) is 5.38. The van der Waals surface area contributed by atoms with Crippen LogP contribution in [-0.2, 0) is 0 Å². The van der Waals surface area contributed by atoms with Gasteiger partial charge in [0.15, 0.2) is 11.6 Å². The molecule has 134 valence electrons. The van der Waals surface area contributed by atoms with Crippen LogP contribution in [0.5, 0.6) is 0 Å². The molecule has 1 unspecified atom stereocenters. The number of halogens is 2. The summed E-state index contributed by atoms with van der Waals surface area (Å²) in [6.07, 6.45) is 0.921. The standard InChI is InChI=1S/C20H20F2N4/c1-3-13(2)23-20-25-18(14-7-5-4-6-8-14)12-19(26-20)24-15-9-10-16(21)17(22)11-15/h4-13H,3H2,1-2H3,(H2,23,24,25,26). The van der Waals surface area contributed by atoms with E-state index in [1.165, 1.54) is 6.07 Å². The SMILES string of the molecule is CCC(C)Nc1nc(Nc2ccc(F)c(F)c2)cc(-c2ccccc2)n1. The van der Waals surface area contributed by atoms with E-state index in [1.54, 1.807) is 6.07 Å². The minimum absolute atomic E-state index is 0.206. The summed E-state index contributed by atoms with van der Waals surface area (Å²) < 4.78 is 26.6. The second kappa shape index (κ2) is 7.91. The third-order valence-corrected chi connectivity index (χ3v) is 3.98. The monoisotopic (exact) mass is 354 g/mol. The first kappa shape index (κ1) is 17.8. The molecule has 0 saturated heterocycles. The third kappa shape index (κ3) is 4.33. The van der Waals surface area contributed by atoms with Crippen molar-refractivity contribution in [2.75, 3.05) is 10.6 Å². The van der Waals surface area contributed by atoms with Crippen molar-refractivity contribution >= 4 is 17.5 Å². The maximum Gasteiger partial charge on any atom is 0.225 e. The molecule has 26 heavy (non-hydrogen) atoms. The van der Waals surface area contributed by atoms with E-state index in [0.717, 1.165) is 29.8 Å². The molecule has 1 aromatic heterocycles. The maximum absolute atomic E-state index is 13.5. The molecule has 4 nitrogen and oxygen atoms in total. The van der Waals surface area contributed by atoms with Gasteiger partial charge in [-0.15, -0.1) is 0 Å². The first-order chi connectivity index (χ1) is 12.5. The van der Waals surface area contributed by atoms with Crippen molar-refractivity contribution in [2.45, 2.75) is 26.3 Å². The Morgan fingerprint density at radius 2 is 1.73 bits per heavy atom. The van der Waals surface area contributed by atoms with Crippen molar-refractivity contribution < 1.29 is 8.78 Å². The Labute approximate surface area is 151 Å². The van der Waals surface area contributed by atoms with Crippen LogP contribution in [0.4, 0.5) is 26.2 Å². The van der Waals surface area contributed by atoms with Gasteiger partial charge < -0.3 is 10.6 Å². The zero-order valence-corrected chi connectivity index (χ0v) is 14.6. The summed E-state index contributed by atoms with van der Waals surface area (Å²) in [5.74, 6) is -0.825. The largest absolute Gasteiger partial charge is 0.352 e. The second-order valence-corrected chi connectivity index (χ2v) is 6.04. The van der Waals surface area contributed by atoms with Gasteiger partial charge in [0.1, 0.15) is 5.82 Å². The van der Waals surface area contributed by atoms with Gasteiger partial charge in [0.05, 0.1) is 5.69 Å². The molecule has 0 bridgehead atoms. The van der Waals surface area contributed by atoms with E-state index < -0.39 is 11.6 Å². The van der Waals surface area contributed by atoms with Crippen molar-refractivity contribution in [3.8, 4) is 11.3 Å². The molecule has 6 heteroatoms. The highest BCUT2D eigenvalue weighted by Crippen LogP contribution is 2.24. The van der Waals surface area contributed by atoms with E-state index in [9.17, 15) is 8.78 Å². The number of hydrogen-bond acceptors (Lipinski definition) is 4. The lowest BCUT2D eigenvalue weighted by molar-refractivity contribution is 0.509. The summed E-state index contributed by atoms with van der Waals surface area (Å²) in [4.78, 5) is 9.01. The minimum Gasteiger partial charge on any atom is -0.352 e. The number of nitrogens with zero attached hydrogens (tertiary/aromatic N) is 2. The maximum atomic E-state index is 13.5. The Balaban J connectivity index is 1.97. The summed E-state index contributed by atoms with van der Waals surface area (Å²) in [5, 5.41) is 6.27. The highest BCUT2D eigenvalue weighted by atomic mass is 19.2. The van der Waals surface area contributed by atoms with E-state index in [4.69, 9.17) is 0 Å². The average molecular weight is 354 g/mol. The van der Waals surface area contributed by atoms with Crippen molar-refractivity contribution in [1.29, 1.82) is 0 Å². The van der Waals surface area contributed by atoms with Crippen molar-refractivity contribution in [1.82, 2.24) is 9.97 Å². The molecule has 2 N–H and O–H groups in total. The fourth-order valence-corrected chi connectivity index (χ4v) is 2.38. The topological polar surface area (TPSA) is 49.8 Å². The van der Waals surface area contributed by atoms with Crippen LogP contribution in [0.2, 0.25) is 0 Å². The van der Waals surface area contributed by atoms with Crippen LogP contribution in [0.25, 0.3) is 11.3 Å². The molecule has 0 aliphatic carbocycles. The van der Waals surface area contributed by atoms with Crippen LogP contribution >= 0.6 is 0 Å². The quantitative estimate of drug-likeness (QED) is 0.624. The third-order valence-electron chi connectivity index (χ3n) is 3.98. The fraction of sp³-hybridized carbons (Fsp3) is 0.200. The Kier molecular flexibility index (Phi) is 5.41. The normalized spacial score (nSPS) is 11.8. The van der Waals surface area contributed by atoms with Gasteiger partial charge >= 0.3 is 0 Å². The average Bonchev–Trinajstić information content (AvgIpc) is 2.65. The molecular formula is C20H20F2N4. The van der Waals surface area contributed by atoms with E-state index >= 15 is 0 Å². The van der Waals surface area contributed by atoms with Gasteiger partial charge in [-0.2, -0.15) is 4.98 Å². The Morgan fingerprint density at radius 3 is 2.42 bits per heavy atom. The molecule has 3 aromatic rings. The molecule has 1 heterocycles. The lowest BCUT2D eigenvalue weighted by Crippen LogP contribution is -2.16. The van der Waals surface area contributed by atoms with Crippen molar-refractivity contribution in [2.24, 2.45) is 0 Å². The van der Waals surface area contributed by atoms with Gasteiger partial charge in [0.25, 0.3) is 0 Å². The summed E-state index contributed by atoms with van der Waals surface area (Å²) in [7, 11) is 0. The van der Waals surface area contributed by atoms with E-state index in [0.29, 0.717) is 17.5 Å². The number of aromatic nitrogens is 2. The van der Waals surface area contributed by atoms with Gasteiger partial charge in [-0.25, -0.2) is 13.8 Å². The molecule has 0 spiro atoms. The smallest absolute Gasteiger partial charge is 0.225 e. The van der Waals surface area contributed by atoms with Gasteiger partial charge in [-0.3, -0.25) is 0 Å². The molecule has 0 saturated carbocycles. The molecule has 0 fully saturated rings. The molecule has 0 aliphatic rings. The van der Waals surface area contributed by atoms with Crippen LogP contribution in [0, 0.1) is 11.6 Å². The van der Waals surface area contributed by atoms with Crippen LogP contribution in [-0.4, -0.2) is 16.0 Å². The summed E-state index contributed by atoms with van der Waals surface area (Å²) >= 11 is 0. The number of hydrogen-bond donors (Lipinski definition) is 2. The van der Waals surface area contributed by atoms with E-state index in [2.05, 4.69) is 27.5 Å². The van der Waals surface area contributed by atoms with Crippen LogP contribution in [0.1, 0.15) is 20.3 Å². The summed E-state index contributed by atoms with van der Waals surface area (Å²) in [6, 6.07) is 15.3. The Bertz CT molecular complexity index is 884. The number of anilines is 3. The highest BCUT2D eigenvalue weighted by Gasteiger charge is 2.10. The molecular weight excluding hydrogens is 334 g/mol. The Morgan fingerprint density at radius 1 is 0.962 bits per heavy atom. The van der Waals surface area contributed by atoms with Crippen LogP contribution < -0.4 is 10.6 Å². The minimum atomic E-state index is -0.912. The second-order valence-electron chi connectivity index (χ2n) is 6.04. The zero-order chi connectivity index (χ0) is 18.5. The molecule has 0 amide bonds. The lowest BCUT2D eigenvalue weighted by atomic mass is 10.1. The first-order valence-corrected chi connectivity index (χ1v) is 8.48. The Hall–Kier alpha value is -3.02. The zero-order valence-electron chi connectivity index (χ0n) is 14.6. The van der Waals surface area contributed by atoms with Crippen molar-refractivity contribution in [3.05, 3.63) is 66.2 Å². The molecule has 0 aliphatic heterocycles. The highest BCUT2D eigenvalue weighted by molar-refractivity contribution is 5.67. The number of rotatable bonds is 6. The number of benzene rings is 2. The summed E-state index contributed by atoms with van der Waals surface area (Å²) in [6.45, 7) is 4.11. The van der Waals surface area contributed by atoms with Gasteiger partial charge in [0.2, 0.25) is 5.95 Å².